The van der Waals surface area contributed by atoms with Crippen molar-refractivity contribution in [2.24, 2.45) is 0 Å². The monoisotopic (exact) mass is 416 g/mol. The highest BCUT2D eigenvalue weighted by Crippen LogP contribution is 2.27. The summed E-state index contributed by atoms with van der Waals surface area (Å²) in [5, 5.41) is 1.88. The van der Waals surface area contributed by atoms with Gasteiger partial charge in [0, 0.05) is 17.3 Å². The maximum absolute atomic E-state index is 13.2. The number of H-pyrrole nitrogens is 1. The highest BCUT2D eigenvalue weighted by atomic mass is 32.1. The lowest BCUT2D eigenvalue weighted by molar-refractivity contribution is 0.0518. The van der Waals surface area contributed by atoms with Gasteiger partial charge in [-0.2, -0.15) is 0 Å². The molecule has 2 aromatic rings. The minimum absolute atomic E-state index is 0.0171. The number of nitrogens with zero attached hydrogens (tertiary/aromatic N) is 1. The number of nitrogens with one attached hydrogen (secondary N) is 1. The average molecular weight is 417 g/mol. The molecule has 0 saturated heterocycles. The number of amides is 1. The van der Waals surface area contributed by atoms with Crippen LogP contribution in [0.2, 0.25) is 0 Å². The molecule has 0 spiro atoms. The predicted octanol–water partition coefficient (Wildman–Crippen LogP) is 4.53. The van der Waals surface area contributed by atoms with E-state index in [1.807, 2.05) is 11.4 Å². The minimum atomic E-state index is -0.467. The summed E-state index contributed by atoms with van der Waals surface area (Å²) in [7, 11) is 0. The van der Waals surface area contributed by atoms with Crippen LogP contribution < -0.4 is 0 Å². The largest absolute Gasteiger partial charge is 0.461 e. The first-order chi connectivity index (χ1) is 13.9. The van der Waals surface area contributed by atoms with Gasteiger partial charge in [-0.05, 0) is 50.6 Å². The zero-order chi connectivity index (χ0) is 21.0. The standard InChI is InChI=1S/C22H28N2O4S/c1-4-28-22(27)20-14(2)19(15(3)23-20)17(25)13-24(16-9-6-5-7-10-16)21(26)18-11-8-12-29-18/h8,11-12,16,23H,4-7,9-10,13H2,1-3H3. The van der Waals surface area contributed by atoms with Crippen molar-refractivity contribution in [1.82, 2.24) is 9.88 Å². The normalized spacial score (nSPS) is 14.6. The summed E-state index contributed by atoms with van der Waals surface area (Å²) in [6.45, 7) is 5.55. The summed E-state index contributed by atoms with van der Waals surface area (Å²) in [6, 6.07) is 3.73. The molecule has 0 radical (unpaired) electrons. The molecule has 1 N–H and O–H groups in total. The van der Waals surface area contributed by atoms with E-state index in [9.17, 15) is 14.4 Å². The van der Waals surface area contributed by atoms with Crippen LogP contribution in [0.15, 0.2) is 17.5 Å². The van der Waals surface area contributed by atoms with Gasteiger partial charge in [-0.25, -0.2) is 4.79 Å². The van der Waals surface area contributed by atoms with Crippen LogP contribution in [-0.4, -0.2) is 46.7 Å². The van der Waals surface area contributed by atoms with Crippen LogP contribution in [0.25, 0.3) is 0 Å². The van der Waals surface area contributed by atoms with Crippen molar-refractivity contribution in [2.45, 2.75) is 58.9 Å². The van der Waals surface area contributed by atoms with E-state index in [4.69, 9.17) is 4.74 Å². The Labute approximate surface area is 175 Å². The Balaban J connectivity index is 1.87. The van der Waals surface area contributed by atoms with Gasteiger partial charge in [-0.15, -0.1) is 11.3 Å². The number of aryl methyl sites for hydroxylation is 1. The Hall–Kier alpha value is -2.41. The van der Waals surface area contributed by atoms with Crippen LogP contribution in [0.4, 0.5) is 0 Å². The molecule has 1 aliphatic carbocycles. The molecule has 0 aliphatic heterocycles. The van der Waals surface area contributed by atoms with Crippen LogP contribution in [0.1, 0.15) is 80.8 Å². The van der Waals surface area contributed by atoms with Crippen molar-refractivity contribution in [1.29, 1.82) is 0 Å². The molecule has 7 heteroatoms. The molecule has 2 aromatic heterocycles. The number of Topliss-reactive ketones (excluding diaryl/α,β-unsaturated/α-hetero) is 1. The Morgan fingerprint density at radius 2 is 1.93 bits per heavy atom. The number of aromatic amines is 1. The number of thiophene rings is 1. The van der Waals surface area contributed by atoms with Gasteiger partial charge in [-0.3, -0.25) is 9.59 Å². The van der Waals surface area contributed by atoms with Crippen LogP contribution in [0.5, 0.6) is 0 Å². The first kappa shape index (κ1) is 21.3. The summed E-state index contributed by atoms with van der Waals surface area (Å²) in [4.78, 5) is 43.9. The Morgan fingerprint density at radius 3 is 2.55 bits per heavy atom. The minimum Gasteiger partial charge on any atom is -0.461 e. The number of rotatable bonds is 7. The fourth-order valence-corrected chi connectivity index (χ4v) is 4.79. The molecule has 0 aromatic carbocycles. The van der Waals surface area contributed by atoms with Crippen molar-refractivity contribution in [2.75, 3.05) is 13.2 Å². The summed E-state index contributed by atoms with van der Waals surface area (Å²) >= 11 is 1.40. The molecule has 0 bridgehead atoms. The molecule has 29 heavy (non-hydrogen) atoms. The van der Waals surface area contributed by atoms with E-state index in [1.165, 1.54) is 17.8 Å². The molecule has 1 aliphatic rings. The molecule has 1 saturated carbocycles. The molecule has 0 unspecified atom stereocenters. The fourth-order valence-electron chi connectivity index (χ4n) is 4.11. The van der Waals surface area contributed by atoms with Gasteiger partial charge in [0.25, 0.3) is 5.91 Å². The fraction of sp³-hybridized carbons (Fsp3) is 0.500. The Bertz CT molecular complexity index is 879. The van der Waals surface area contributed by atoms with Crippen molar-refractivity contribution in [3.05, 3.63) is 44.9 Å². The third-order valence-corrected chi connectivity index (χ3v) is 6.38. The number of esters is 1. The molecule has 3 rings (SSSR count). The number of ether oxygens (including phenoxy) is 1. The van der Waals surface area contributed by atoms with E-state index >= 15 is 0 Å². The van der Waals surface area contributed by atoms with Crippen LogP contribution in [-0.2, 0) is 4.74 Å². The second-order valence-corrected chi connectivity index (χ2v) is 8.42. The average Bonchev–Trinajstić information content (AvgIpc) is 3.34. The van der Waals surface area contributed by atoms with Gasteiger partial charge in [0.2, 0.25) is 0 Å². The number of carbonyl (C=O) groups excluding carboxylic acids is 3. The first-order valence-corrected chi connectivity index (χ1v) is 11.1. The quantitative estimate of drug-likeness (QED) is 0.531. The van der Waals surface area contributed by atoms with E-state index in [-0.39, 0.29) is 30.9 Å². The van der Waals surface area contributed by atoms with E-state index in [1.54, 1.807) is 31.7 Å². The maximum Gasteiger partial charge on any atom is 0.355 e. The van der Waals surface area contributed by atoms with Crippen LogP contribution in [0.3, 0.4) is 0 Å². The lowest BCUT2D eigenvalue weighted by Gasteiger charge is -2.33. The number of carbonyl (C=O) groups is 3. The molecule has 0 atom stereocenters. The van der Waals surface area contributed by atoms with E-state index in [2.05, 4.69) is 4.98 Å². The van der Waals surface area contributed by atoms with E-state index in [0.29, 0.717) is 27.4 Å². The molecule has 2 heterocycles. The smallest absolute Gasteiger partial charge is 0.355 e. The second kappa shape index (κ2) is 9.39. The summed E-state index contributed by atoms with van der Waals surface area (Å²) in [5.74, 6) is -0.704. The molecule has 156 valence electrons. The molecule has 1 fully saturated rings. The summed E-state index contributed by atoms with van der Waals surface area (Å²) < 4.78 is 5.08. The van der Waals surface area contributed by atoms with Gasteiger partial charge in [0.05, 0.1) is 18.0 Å². The van der Waals surface area contributed by atoms with Gasteiger partial charge in [0.15, 0.2) is 5.78 Å². The highest BCUT2D eigenvalue weighted by molar-refractivity contribution is 7.12. The second-order valence-electron chi connectivity index (χ2n) is 7.47. The SMILES string of the molecule is CCOC(=O)c1[nH]c(C)c(C(=O)CN(C(=O)c2cccs2)C2CCCCC2)c1C. The lowest BCUT2D eigenvalue weighted by atomic mass is 9.93. The molecule has 6 nitrogen and oxygen atoms in total. The van der Waals surface area contributed by atoms with Crippen molar-refractivity contribution >= 4 is 29.0 Å². The topological polar surface area (TPSA) is 79.5 Å². The molecular weight excluding hydrogens is 388 g/mol. The Morgan fingerprint density at radius 1 is 1.21 bits per heavy atom. The third-order valence-electron chi connectivity index (χ3n) is 5.52. The van der Waals surface area contributed by atoms with Gasteiger partial charge in [-0.1, -0.05) is 25.3 Å². The lowest BCUT2D eigenvalue weighted by Crippen LogP contribution is -2.44. The number of hydrogen-bond acceptors (Lipinski definition) is 5. The van der Waals surface area contributed by atoms with Gasteiger partial charge in [0.1, 0.15) is 5.69 Å². The van der Waals surface area contributed by atoms with Crippen molar-refractivity contribution in [3.63, 3.8) is 0 Å². The number of aromatic nitrogens is 1. The van der Waals surface area contributed by atoms with Crippen molar-refractivity contribution in [3.8, 4) is 0 Å². The molecule has 1 amide bonds. The van der Waals surface area contributed by atoms with Gasteiger partial charge >= 0.3 is 5.97 Å². The molecular formula is C22H28N2O4S. The van der Waals surface area contributed by atoms with E-state index in [0.717, 1.165) is 25.7 Å². The van der Waals surface area contributed by atoms with Crippen LogP contribution >= 0.6 is 11.3 Å². The van der Waals surface area contributed by atoms with Gasteiger partial charge < -0.3 is 14.6 Å². The zero-order valence-corrected chi connectivity index (χ0v) is 18.1. The Kier molecular flexibility index (Phi) is 6.90. The first-order valence-electron chi connectivity index (χ1n) is 10.2. The third kappa shape index (κ3) is 4.61. The summed E-state index contributed by atoms with van der Waals surface area (Å²) in [6.07, 6.45) is 5.15. The zero-order valence-electron chi connectivity index (χ0n) is 17.2. The van der Waals surface area contributed by atoms with Crippen LogP contribution in [0, 0.1) is 13.8 Å². The van der Waals surface area contributed by atoms with Crippen molar-refractivity contribution < 1.29 is 19.1 Å². The predicted molar refractivity (Wildman–Crippen MR) is 113 cm³/mol. The number of ketones is 1. The highest BCUT2D eigenvalue weighted by Gasteiger charge is 2.31. The maximum atomic E-state index is 13.2. The number of hydrogen-bond donors (Lipinski definition) is 1. The van der Waals surface area contributed by atoms with E-state index < -0.39 is 5.97 Å². The summed E-state index contributed by atoms with van der Waals surface area (Å²) in [5.41, 5.74) is 2.00.